The quantitative estimate of drug-likeness (QED) is 0.423. The van der Waals surface area contributed by atoms with Gasteiger partial charge in [-0.05, 0) is 29.8 Å². The molecule has 6 heteroatoms. The summed E-state index contributed by atoms with van der Waals surface area (Å²) in [6.45, 7) is 0. The summed E-state index contributed by atoms with van der Waals surface area (Å²) < 4.78 is 5.22. The zero-order chi connectivity index (χ0) is 16.9. The van der Waals surface area contributed by atoms with E-state index in [2.05, 4.69) is 9.97 Å². The van der Waals surface area contributed by atoms with E-state index in [1.807, 2.05) is 48.5 Å². The average Bonchev–Trinajstić information content (AvgIpc) is 2.61. The summed E-state index contributed by atoms with van der Waals surface area (Å²) in [5, 5.41) is 0.581. The second kappa shape index (κ2) is 7.23. The van der Waals surface area contributed by atoms with Crippen LogP contribution in [0.15, 0.2) is 64.5 Å². The molecule has 0 radical (unpaired) electrons. The number of nitrogen functional groups attached to an aromatic ring is 1. The minimum atomic E-state index is -0.178. The van der Waals surface area contributed by atoms with E-state index in [0.717, 1.165) is 22.6 Å². The van der Waals surface area contributed by atoms with Crippen molar-refractivity contribution in [2.45, 2.75) is 10.9 Å². The molecule has 5 nitrogen and oxygen atoms in total. The highest BCUT2D eigenvalue weighted by Crippen LogP contribution is 2.24. The van der Waals surface area contributed by atoms with Crippen molar-refractivity contribution in [3.8, 4) is 17.0 Å². The fraction of sp³-hybridized carbons (Fsp3) is 0.111. The molecule has 3 N–H and O–H groups in total. The van der Waals surface area contributed by atoms with Crippen LogP contribution in [-0.4, -0.2) is 17.1 Å². The highest BCUT2D eigenvalue weighted by molar-refractivity contribution is 7.98. The number of aromatic nitrogens is 2. The molecule has 0 amide bonds. The minimum absolute atomic E-state index is 0.178. The van der Waals surface area contributed by atoms with Crippen LogP contribution in [0.5, 0.6) is 5.75 Å². The van der Waals surface area contributed by atoms with Crippen molar-refractivity contribution in [3.63, 3.8) is 0 Å². The van der Waals surface area contributed by atoms with E-state index in [1.54, 1.807) is 7.11 Å². The Kier molecular flexibility index (Phi) is 4.86. The number of benzene rings is 2. The molecule has 0 atom stereocenters. The number of aromatic amines is 1. The molecule has 0 spiro atoms. The first-order valence-electron chi connectivity index (χ1n) is 7.37. The smallest absolute Gasteiger partial charge is 0.252 e. The molecule has 0 saturated carbocycles. The second-order valence-corrected chi connectivity index (χ2v) is 6.16. The first kappa shape index (κ1) is 16.1. The summed E-state index contributed by atoms with van der Waals surface area (Å²) in [6.07, 6.45) is 0. The van der Waals surface area contributed by atoms with Crippen LogP contribution in [-0.2, 0) is 5.75 Å². The number of rotatable bonds is 5. The normalized spacial score (nSPS) is 10.5. The third-order valence-corrected chi connectivity index (χ3v) is 4.39. The van der Waals surface area contributed by atoms with Crippen LogP contribution < -0.4 is 16.0 Å². The third-order valence-electron chi connectivity index (χ3n) is 3.44. The maximum Gasteiger partial charge on any atom is 0.252 e. The van der Waals surface area contributed by atoms with Crippen molar-refractivity contribution < 1.29 is 4.74 Å². The first-order chi connectivity index (χ1) is 11.6. The summed E-state index contributed by atoms with van der Waals surface area (Å²) in [4.78, 5) is 19.2. The van der Waals surface area contributed by atoms with Crippen LogP contribution in [0.2, 0.25) is 0 Å². The molecule has 0 aliphatic heterocycles. The van der Waals surface area contributed by atoms with Gasteiger partial charge in [-0.2, -0.15) is 0 Å². The van der Waals surface area contributed by atoms with Gasteiger partial charge in [0.1, 0.15) is 5.75 Å². The molecule has 0 aliphatic carbocycles. The summed E-state index contributed by atoms with van der Waals surface area (Å²) in [6, 6.07) is 16.6. The fourth-order valence-corrected chi connectivity index (χ4v) is 3.03. The average molecular weight is 339 g/mol. The number of methoxy groups -OCH3 is 1. The standard InChI is InChI=1S/C18H17N3O2S/c1-23-15-4-2-3-13(9-15)16-10-17(22)21-18(20-16)24-11-12-5-7-14(19)8-6-12/h2-10H,11,19H2,1H3,(H,20,21,22). The number of hydrogen-bond acceptors (Lipinski definition) is 5. The monoisotopic (exact) mass is 339 g/mol. The maximum absolute atomic E-state index is 11.9. The van der Waals surface area contributed by atoms with Gasteiger partial charge >= 0.3 is 0 Å². The second-order valence-electron chi connectivity index (χ2n) is 5.20. The van der Waals surface area contributed by atoms with Crippen LogP contribution >= 0.6 is 11.8 Å². The van der Waals surface area contributed by atoms with Gasteiger partial charge in [-0.15, -0.1) is 0 Å². The van der Waals surface area contributed by atoms with Gasteiger partial charge in [-0.3, -0.25) is 4.79 Å². The van der Waals surface area contributed by atoms with Crippen LogP contribution in [0.3, 0.4) is 0 Å². The number of ether oxygens (including phenoxy) is 1. The van der Waals surface area contributed by atoms with Crippen molar-refractivity contribution in [1.29, 1.82) is 0 Å². The Labute approximate surface area is 143 Å². The predicted octanol–water partition coefficient (Wildman–Crippen LogP) is 3.32. The van der Waals surface area contributed by atoms with Crippen molar-refractivity contribution in [2.24, 2.45) is 0 Å². The SMILES string of the molecule is COc1cccc(-c2cc(=O)[nH]c(SCc3ccc(N)cc3)n2)c1. The number of hydrogen-bond donors (Lipinski definition) is 2. The summed E-state index contributed by atoms with van der Waals surface area (Å²) >= 11 is 1.47. The lowest BCUT2D eigenvalue weighted by atomic mass is 10.1. The highest BCUT2D eigenvalue weighted by Gasteiger charge is 2.06. The van der Waals surface area contributed by atoms with E-state index in [1.165, 1.54) is 17.8 Å². The Morgan fingerprint density at radius 1 is 1.17 bits per heavy atom. The first-order valence-corrected chi connectivity index (χ1v) is 8.35. The molecule has 0 fully saturated rings. The number of H-pyrrole nitrogens is 1. The van der Waals surface area contributed by atoms with Crippen molar-refractivity contribution in [1.82, 2.24) is 9.97 Å². The number of nitrogens with two attached hydrogens (primary N) is 1. The molecular formula is C18H17N3O2S. The fourth-order valence-electron chi connectivity index (χ4n) is 2.20. The van der Waals surface area contributed by atoms with Gasteiger partial charge < -0.3 is 15.5 Å². The van der Waals surface area contributed by atoms with Crippen molar-refractivity contribution in [2.75, 3.05) is 12.8 Å². The Balaban J connectivity index is 1.83. The van der Waals surface area contributed by atoms with Crippen LogP contribution in [0, 0.1) is 0 Å². The largest absolute Gasteiger partial charge is 0.497 e. The lowest BCUT2D eigenvalue weighted by molar-refractivity contribution is 0.415. The third kappa shape index (κ3) is 3.97. The van der Waals surface area contributed by atoms with Crippen LogP contribution in [0.1, 0.15) is 5.56 Å². The van der Waals surface area contributed by atoms with Gasteiger partial charge in [0.2, 0.25) is 0 Å². The molecule has 122 valence electrons. The van der Waals surface area contributed by atoms with E-state index >= 15 is 0 Å². The number of thioether (sulfide) groups is 1. The highest BCUT2D eigenvalue weighted by atomic mass is 32.2. The van der Waals surface area contributed by atoms with E-state index in [9.17, 15) is 4.79 Å². The summed E-state index contributed by atoms with van der Waals surface area (Å²) in [5.41, 5.74) is 8.82. The molecule has 0 unspecified atom stereocenters. The zero-order valence-electron chi connectivity index (χ0n) is 13.2. The molecule has 3 aromatic rings. The van der Waals surface area contributed by atoms with Crippen molar-refractivity contribution in [3.05, 3.63) is 70.5 Å². The predicted molar refractivity (Wildman–Crippen MR) is 97.3 cm³/mol. The molecule has 1 heterocycles. The lowest BCUT2D eigenvalue weighted by Crippen LogP contribution is -2.08. The molecule has 24 heavy (non-hydrogen) atoms. The van der Waals surface area contributed by atoms with Gasteiger partial charge in [-0.1, -0.05) is 36.0 Å². The molecule has 3 rings (SSSR count). The van der Waals surface area contributed by atoms with Gasteiger partial charge in [0.15, 0.2) is 5.16 Å². The number of nitrogens with one attached hydrogen (secondary N) is 1. The van der Waals surface area contributed by atoms with E-state index in [-0.39, 0.29) is 5.56 Å². The molecular weight excluding hydrogens is 322 g/mol. The van der Waals surface area contributed by atoms with Crippen LogP contribution in [0.4, 0.5) is 5.69 Å². The van der Waals surface area contributed by atoms with Gasteiger partial charge in [0.05, 0.1) is 12.8 Å². The van der Waals surface area contributed by atoms with Gasteiger partial charge in [-0.25, -0.2) is 4.98 Å². The maximum atomic E-state index is 11.9. The summed E-state index contributed by atoms with van der Waals surface area (Å²) in [5.74, 6) is 1.43. The minimum Gasteiger partial charge on any atom is -0.497 e. The van der Waals surface area contributed by atoms with E-state index < -0.39 is 0 Å². The summed E-state index contributed by atoms with van der Waals surface area (Å²) in [7, 11) is 1.61. The molecule has 0 aliphatic rings. The Bertz CT molecular complexity index is 891. The van der Waals surface area contributed by atoms with E-state index in [4.69, 9.17) is 10.5 Å². The lowest BCUT2D eigenvalue weighted by Gasteiger charge is -2.06. The molecule has 2 aromatic carbocycles. The molecule has 0 bridgehead atoms. The Hall–Kier alpha value is -2.73. The van der Waals surface area contributed by atoms with Crippen LogP contribution in [0.25, 0.3) is 11.3 Å². The molecule has 1 aromatic heterocycles. The van der Waals surface area contributed by atoms with Gasteiger partial charge in [0.25, 0.3) is 5.56 Å². The van der Waals surface area contributed by atoms with E-state index in [0.29, 0.717) is 16.6 Å². The van der Waals surface area contributed by atoms with Crippen molar-refractivity contribution >= 4 is 17.4 Å². The Morgan fingerprint density at radius 3 is 2.71 bits per heavy atom. The van der Waals surface area contributed by atoms with Gasteiger partial charge in [0, 0.05) is 23.1 Å². The number of anilines is 1. The topological polar surface area (TPSA) is 81.0 Å². The number of nitrogens with zero attached hydrogens (tertiary/aromatic N) is 1. The Morgan fingerprint density at radius 2 is 1.96 bits per heavy atom. The molecule has 0 saturated heterocycles. The zero-order valence-corrected chi connectivity index (χ0v) is 14.0.